The van der Waals surface area contributed by atoms with E-state index in [0.717, 1.165) is 42.4 Å². The fourth-order valence-electron chi connectivity index (χ4n) is 7.76. The van der Waals surface area contributed by atoms with Crippen molar-refractivity contribution >= 4 is 21.9 Å². The molecule has 2 heterocycles. The molecule has 1 aliphatic heterocycles. The number of amides is 1. The fraction of sp³-hybridized carbons (Fsp3) is 0.500. The summed E-state index contributed by atoms with van der Waals surface area (Å²) in [6.45, 7) is 12.4. The number of aromatic nitrogens is 2. The molecule has 6 rings (SSSR count). The van der Waals surface area contributed by atoms with Gasteiger partial charge in [0, 0.05) is 23.2 Å². The Hall–Kier alpha value is -3.50. The first-order chi connectivity index (χ1) is 20.5. The quantitative estimate of drug-likeness (QED) is 0.375. The lowest BCUT2D eigenvalue weighted by Crippen LogP contribution is -2.64. The molecule has 2 saturated carbocycles. The normalized spacial score (nSPS) is 28.0. The number of benzene rings is 2. The summed E-state index contributed by atoms with van der Waals surface area (Å²) < 4.78 is 36.1. The number of aryl methyl sites for hydroxylation is 2. The highest BCUT2D eigenvalue weighted by atomic mass is 32.2. The molecule has 2 aliphatic carbocycles. The molecule has 3 aromatic rings. The van der Waals surface area contributed by atoms with Crippen LogP contribution in [0.25, 0.3) is 11.3 Å². The number of rotatable bonds is 3. The van der Waals surface area contributed by atoms with Gasteiger partial charge in [0.05, 0.1) is 22.2 Å². The molecule has 1 spiro atoms. The van der Waals surface area contributed by atoms with Crippen molar-refractivity contribution in [2.24, 2.45) is 10.8 Å². The molecule has 0 radical (unpaired) electrons. The van der Waals surface area contributed by atoms with Crippen LogP contribution in [0.1, 0.15) is 81.3 Å². The molecule has 0 saturated heterocycles. The molecule has 2 fully saturated rings. The number of sulfonamides is 1. The van der Waals surface area contributed by atoms with Gasteiger partial charge >= 0.3 is 0 Å². The Morgan fingerprint density at radius 2 is 1.70 bits per heavy atom. The van der Waals surface area contributed by atoms with E-state index in [0.29, 0.717) is 17.7 Å². The number of fused-ring (bicyclic) bond motifs is 4. The average molecular weight is 619 g/mol. The van der Waals surface area contributed by atoms with E-state index < -0.39 is 15.6 Å². The minimum Gasteiger partial charge on any atom is -0.475 e. The van der Waals surface area contributed by atoms with Gasteiger partial charge in [0.1, 0.15) is 6.61 Å². The van der Waals surface area contributed by atoms with Crippen molar-refractivity contribution < 1.29 is 23.1 Å². The van der Waals surface area contributed by atoms with Gasteiger partial charge in [-0.2, -0.15) is 4.98 Å². The van der Waals surface area contributed by atoms with Gasteiger partial charge in [0.15, 0.2) is 0 Å². The minimum absolute atomic E-state index is 0.0414. The second-order valence-corrected chi connectivity index (χ2v) is 16.4. The third kappa shape index (κ3) is 5.94. The summed E-state index contributed by atoms with van der Waals surface area (Å²) in [5, 5.41) is 10.5. The van der Waals surface area contributed by atoms with E-state index >= 15 is 0 Å². The van der Waals surface area contributed by atoms with Crippen LogP contribution in [0.4, 0.5) is 5.95 Å². The second kappa shape index (κ2) is 10.5. The molecule has 0 unspecified atom stereocenters. The number of ether oxygens (including phenoxy) is 1. The maximum Gasteiger partial charge on any atom is 0.264 e. The maximum absolute atomic E-state index is 14.4. The monoisotopic (exact) mass is 618 g/mol. The fourth-order valence-corrected chi connectivity index (χ4v) is 8.75. The number of nitrogens with zero attached hydrogens (tertiary/aromatic N) is 3. The van der Waals surface area contributed by atoms with Crippen molar-refractivity contribution in [3.63, 3.8) is 0 Å². The molecule has 2 aromatic carbocycles. The van der Waals surface area contributed by atoms with Gasteiger partial charge in [-0.1, -0.05) is 45.0 Å². The van der Waals surface area contributed by atoms with E-state index in [1.54, 1.807) is 18.2 Å². The summed E-state index contributed by atoms with van der Waals surface area (Å²) in [7, 11) is -4.13. The number of carbonyl (C=O) groups excluding carboxylic acids is 1. The van der Waals surface area contributed by atoms with Crippen molar-refractivity contribution in [1.82, 2.24) is 14.9 Å². The highest BCUT2D eigenvalue weighted by Crippen LogP contribution is 2.61. The zero-order valence-electron chi connectivity index (χ0n) is 26.3. The SMILES string of the molecule is Cc1cccc(C)c1-c1cc2nc(n1)NS(=O)(=O)c1cccc(c1)C(=O)N(C1CC3(C1)CC(C)(O)C3)[C@H](CC(C)(C)C)CO2. The number of hydrogen-bond donors (Lipinski definition) is 2. The molecule has 44 heavy (non-hydrogen) atoms. The van der Waals surface area contributed by atoms with Gasteiger partial charge in [-0.3, -0.25) is 4.79 Å². The van der Waals surface area contributed by atoms with Crippen molar-refractivity contribution in [2.45, 2.75) is 96.2 Å². The van der Waals surface area contributed by atoms with Crippen molar-refractivity contribution in [1.29, 1.82) is 0 Å². The Balaban J connectivity index is 1.46. The second-order valence-electron chi connectivity index (χ2n) is 14.7. The summed E-state index contributed by atoms with van der Waals surface area (Å²) in [6.07, 6.45) is 3.71. The first-order valence-electron chi connectivity index (χ1n) is 15.3. The van der Waals surface area contributed by atoms with Crippen molar-refractivity contribution in [3.05, 3.63) is 65.2 Å². The molecule has 1 aromatic heterocycles. The molecule has 3 aliphatic rings. The first kappa shape index (κ1) is 30.5. The number of hydrogen-bond acceptors (Lipinski definition) is 7. The lowest BCUT2D eigenvalue weighted by Gasteiger charge is -2.63. The van der Waals surface area contributed by atoms with Crippen LogP contribution >= 0.6 is 0 Å². The van der Waals surface area contributed by atoms with E-state index in [1.807, 2.05) is 43.9 Å². The molecule has 4 bridgehead atoms. The zero-order chi connectivity index (χ0) is 31.7. The molecule has 234 valence electrons. The summed E-state index contributed by atoms with van der Waals surface area (Å²) in [4.78, 5) is 25.3. The van der Waals surface area contributed by atoms with Crippen LogP contribution in [0.15, 0.2) is 53.4 Å². The molecule has 9 nitrogen and oxygen atoms in total. The summed E-state index contributed by atoms with van der Waals surface area (Å²) in [5.41, 5.74) is 2.97. The van der Waals surface area contributed by atoms with Crippen molar-refractivity contribution in [2.75, 3.05) is 11.3 Å². The lowest BCUT2D eigenvalue weighted by atomic mass is 9.48. The Kier molecular flexibility index (Phi) is 7.32. The summed E-state index contributed by atoms with van der Waals surface area (Å²) in [6, 6.07) is 13.5. The highest BCUT2D eigenvalue weighted by molar-refractivity contribution is 7.92. The summed E-state index contributed by atoms with van der Waals surface area (Å²) >= 11 is 0. The standard InChI is InChI=1S/C34H42N4O5S/c1-21-9-7-10-22(2)29(21)27-14-28-36-31(35-27)37-44(41,42)26-12-8-11-23(13-26)30(39)38(25(18-43-28)15-32(3,4)5)24-16-34(17-24)19-33(6,40)20-34/h7-14,24-25,40H,15-20H2,1-6H3,(H,35,36,37)/t24?,25-,33?,34?/m1/s1. The number of nitrogens with one attached hydrogen (secondary N) is 1. The topological polar surface area (TPSA) is 122 Å². The number of aliphatic hydroxyl groups is 1. The van der Waals surface area contributed by atoms with Crippen LogP contribution in [0.5, 0.6) is 5.88 Å². The van der Waals surface area contributed by atoms with E-state index in [-0.39, 0.29) is 52.2 Å². The summed E-state index contributed by atoms with van der Waals surface area (Å²) in [5.74, 6) is -0.0924. The minimum atomic E-state index is -4.13. The van der Waals surface area contributed by atoms with Gasteiger partial charge < -0.3 is 14.7 Å². The van der Waals surface area contributed by atoms with Gasteiger partial charge in [0.2, 0.25) is 11.8 Å². The molecule has 1 atom stereocenters. The van der Waals surface area contributed by atoms with Crippen LogP contribution in [-0.2, 0) is 10.0 Å². The van der Waals surface area contributed by atoms with Crippen LogP contribution in [0.3, 0.4) is 0 Å². The molecule has 1 amide bonds. The smallest absolute Gasteiger partial charge is 0.264 e. The number of carbonyl (C=O) groups is 1. The third-order valence-corrected chi connectivity index (χ3v) is 10.5. The van der Waals surface area contributed by atoms with E-state index in [2.05, 4.69) is 35.5 Å². The van der Waals surface area contributed by atoms with Crippen LogP contribution < -0.4 is 9.46 Å². The van der Waals surface area contributed by atoms with Gasteiger partial charge in [-0.25, -0.2) is 18.1 Å². The van der Waals surface area contributed by atoms with Crippen LogP contribution in [-0.4, -0.2) is 58.6 Å². The van der Waals surface area contributed by atoms with Crippen LogP contribution in [0, 0.1) is 24.7 Å². The van der Waals surface area contributed by atoms with Gasteiger partial charge in [-0.05, 0) is 93.0 Å². The number of anilines is 1. The Morgan fingerprint density at radius 1 is 1.05 bits per heavy atom. The van der Waals surface area contributed by atoms with E-state index in [9.17, 15) is 18.3 Å². The molecule has 2 N–H and O–H groups in total. The molecular weight excluding hydrogens is 576 g/mol. The first-order valence-corrected chi connectivity index (χ1v) is 16.8. The van der Waals surface area contributed by atoms with Crippen LogP contribution in [0.2, 0.25) is 0 Å². The third-order valence-electron chi connectivity index (χ3n) is 9.20. The molecular formula is C34H42N4O5S. The highest BCUT2D eigenvalue weighted by Gasteiger charge is 2.59. The molecule has 10 heteroatoms. The Labute approximate surface area is 260 Å². The van der Waals surface area contributed by atoms with E-state index in [4.69, 9.17) is 4.74 Å². The zero-order valence-corrected chi connectivity index (χ0v) is 27.2. The lowest BCUT2D eigenvalue weighted by molar-refractivity contribution is -0.176. The maximum atomic E-state index is 14.4. The Bertz CT molecular complexity index is 1690. The van der Waals surface area contributed by atoms with Gasteiger partial charge in [0.25, 0.3) is 15.9 Å². The van der Waals surface area contributed by atoms with Crippen molar-refractivity contribution in [3.8, 4) is 17.1 Å². The predicted octanol–water partition coefficient (Wildman–Crippen LogP) is 5.89. The van der Waals surface area contributed by atoms with Gasteiger partial charge in [-0.15, -0.1) is 0 Å². The average Bonchev–Trinajstić information content (AvgIpc) is 2.88. The van der Waals surface area contributed by atoms with E-state index in [1.165, 1.54) is 12.1 Å². The predicted molar refractivity (Wildman–Crippen MR) is 169 cm³/mol. The largest absolute Gasteiger partial charge is 0.475 e. The Morgan fingerprint density at radius 3 is 2.34 bits per heavy atom.